The molecule has 0 spiro atoms. The second-order valence-electron chi connectivity index (χ2n) is 4.88. The van der Waals surface area contributed by atoms with Crippen LogP contribution >= 0.6 is 0 Å². The Morgan fingerprint density at radius 1 is 1.10 bits per heavy atom. The molecule has 3 N–H and O–H groups in total. The van der Waals surface area contributed by atoms with Gasteiger partial charge in [0.1, 0.15) is 4.90 Å². The third-order valence-corrected chi connectivity index (χ3v) is 4.95. The number of sulfonamides is 1. The van der Waals surface area contributed by atoms with Gasteiger partial charge in [-0.1, -0.05) is 24.3 Å². The number of hydrogen-bond acceptors (Lipinski definition) is 4. The molecule has 0 bridgehead atoms. The Kier molecular flexibility index (Phi) is 4.50. The lowest BCUT2D eigenvalue weighted by Crippen LogP contribution is -2.23. The molecule has 0 atom stereocenters. The van der Waals surface area contributed by atoms with Crippen molar-refractivity contribution in [2.24, 2.45) is 0 Å². The summed E-state index contributed by atoms with van der Waals surface area (Å²) in [5.41, 5.74) is 7.99. The summed E-state index contributed by atoms with van der Waals surface area (Å²) in [7, 11) is -0.438. The highest BCUT2D eigenvalue weighted by Crippen LogP contribution is 2.23. The van der Waals surface area contributed by atoms with E-state index in [2.05, 4.69) is 5.32 Å². The van der Waals surface area contributed by atoms with Gasteiger partial charge in [-0.15, -0.1) is 0 Å². The topological polar surface area (TPSA) is 75.4 Å². The Balaban J connectivity index is 2.26. The molecule has 0 heterocycles. The molecule has 21 heavy (non-hydrogen) atoms. The smallest absolute Gasteiger partial charge is 0.244 e. The molecular weight excluding hydrogens is 286 g/mol. The Morgan fingerprint density at radius 2 is 1.81 bits per heavy atom. The molecule has 2 aromatic carbocycles. The summed E-state index contributed by atoms with van der Waals surface area (Å²) in [5.74, 6) is 0. The molecule has 2 rings (SSSR count). The first-order valence-corrected chi connectivity index (χ1v) is 7.95. The summed E-state index contributed by atoms with van der Waals surface area (Å²) in [4.78, 5) is 0.263. The minimum atomic E-state index is -3.47. The number of hydrogen-bond donors (Lipinski definition) is 2. The van der Waals surface area contributed by atoms with Crippen molar-refractivity contribution < 1.29 is 8.42 Å². The van der Waals surface area contributed by atoms with Crippen molar-refractivity contribution in [3.63, 3.8) is 0 Å². The largest absolute Gasteiger partial charge is 0.399 e. The average molecular weight is 305 g/mol. The monoisotopic (exact) mass is 305 g/mol. The fraction of sp³-hybridized carbons (Fsp3) is 0.200. The van der Waals surface area contributed by atoms with Crippen molar-refractivity contribution in [2.75, 3.05) is 25.1 Å². The van der Waals surface area contributed by atoms with Crippen LogP contribution in [0.5, 0.6) is 0 Å². The molecule has 0 aromatic heterocycles. The number of anilines is 2. The number of nitrogens with one attached hydrogen (secondary N) is 1. The van der Waals surface area contributed by atoms with Gasteiger partial charge in [0.15, 0.2) is 0 Å². The van der Waals surface area contributed by atoms with Crippen LogP contribution in [-0.4, -0.2) is 26.8 Å². The van der Waals surface area contributed by atoms with E-state index < -0.39 is 10.0 Å². The summed E-state index contributed by atoms with van der Waals surface area (Å²) in [5, 5.41) is 3.16. The van der Waals surface area contributed by atoms with E-state index in [4.69, 9.17) is 5.73 Å². The Morgan fingerprint density at radius 3 is 2.48 bits per heavy atom. The summed E-state index contributed by atoms with van der Waals surface area (Å²) in [6.07, 6.45) is 0. The lowest BCUT2D eigenvalue weighted by atomic mass is 10.2. The van der Waals surface area contributed by atoms with Crippen molar-refractivity contribution in [1.29, 1.82) is 0 Å². The SMILES string of the molecule is CN(C)S(=O)(=O)c1ccccc1NCc1cccc(N)c1. The summed E-state index contributed by atoms with van der Waals surface area (Å²) in [6, 6.07) is 14.3. The predicted octanol–water partition coefficient (Wildman–Crippen LogP) is 2.13. The van der Waals surface area contributed by atoms with E-state index in [-0.39, 0.29) is 4.90 Å². The van der Waals surface area contributed by atoms with E-state index in [0.29, 0.717) is 17.9 Å². The summed E-state index contributed by atoms with van der Waals surface area (Å²) >= 11 is 0. The van der Waals surface area contributed by atoms with Crippen LogP contribution in [0.1, 0.15) is 5.56 Å². The van der Waals surface area contributed by atoms with E-state index in [1.165, 1.54) is 18.4 Å². The number of nitrogens with two attached hydrogens (primary N) is 1. The first-order chi connectivity index (χ1) is 9.91. The van der Waals surface area contributed by atoms with E-state index >= 15 is 0 Å². The van der Waals surface area contributed by atoms with Crippen LogP contribution in [0.15, 0.2) is 53.4 Å². The van der Waals surface area contributed by atoms with Crippen LogP contribution in [0, 0.1) is 0 Å². The molecule has 0 radical (unpaired) electrons. The van der Waals surface area contributed by atoms with E-state index in [1.54, 1.807) is 24.3 Å². The molecule has 112 valence electrons. The van der Waals surface area contributed by atoms with Gasteiger partial charge in [0.2, 0.25) is 10.0 Å². The Labute approximate surface area is 125 Å². The van der Waals surface area contributed by atoms with Gasteiger partial charge < -0.3 is 11.1 Å². The zero-order valence-corrected chi connectivity index (χ0v) is 12.9. The molecule has 0 aliphatic heterocycles. The van der Waals surface area contributed by atoms with Crippen LogP contribution in [0.4, 0.5) is 11.4 Å². The van der Waals surface area contributed by atoms with Gasteiger partial charge in [-0.25, -0.2) is 12.7 Å². The Hall–Kier alpha value is -2.05. The highest BCUT2D eigenvalue weighted by Gasteiger charge is 2.20. The maximum atomic E-state index is 12.3. The molecule has 6 heteroatoms. The first kappa shape index (κ1) is 15.3. The van der Waals surface area contributed by atoms with E-state index in [0.717, 1.165) is 5.56 Å². The summed E-state index contributed by atoms with van der Waals surface area (Å²) < 4.78 is 25.8. The lowest BCUT2D eigenvalue weighted by Gasteiger charge is -2.16. The molecule has 0 saturated carbocycles. The van der Waals surface area contributed by atoms with Crippen molar-refractivity contribution in [1.82, 2.24) is 4.31 Å². The van der Waals surface area contributed by atoms with E-state index in [9.17, 15) is 8.42 Å². The maximum Gasteiger partial charge on any atom is 0.244 e. The van der Waals surface area contributed by atoms with Gasteiger partial charge in [-0.2, -0.15) is 0 Å². The number of para-hydroxylation sites is 1. The summed E-state index contributed by atoms with van der Waals surface area (Å²) in [6.45, 7) is 0.505. The third-order valence-electron chi connectivity index (χ3n) is 3.08. The van der Waals surface area contributed by atoms with Gasteiger partial charge in [0.25, 0.3) is 0 Å². The lowest BCUT2D eigenvalue weighted by molar-refractivity contribution is 0.521. The van der Waals surface area contributed by atoms with Crippen LogP contribution in [-0.2, 0) is 16.6 Å². The molecule has 0 saturated heterocycles. The van der Waals surface area contributed by atoms with Crippen LogP contribution in [0.3, 0.4) is 0 Å². The second-order valence-corrected chi connectivity index (χ2v) is 7.00. The molecule has 5 nitrogen and oxygen atoms in total. The number of rotatable bonds is 5. The molecule has 0 unspecified atom stereocenters. The molecular formula is C15H19N3O2S. The zero-order chi connectivity index (χ0) is 15.5. The molecule has 0 aliphatic carbocycles. The molecule has 0 aliphatic rings. The highest BCUT2D eigenvalue weighted by molar-refractivity contribution is 7.89. The van der Waals surface area contributed by atoms with Crippen LogP contribution in [0.2, 0.25) is 0 Å². The standard InChI is InChI=1S/C15H19N3O2S/c1-18(2)21(19,20)15-9-4-3-8-14(15)17-11-12-6-5-7-13(16)10-12/h3-10,17H,11,16H2,1-2H3. The predicted molar refractivity (Wildman–Crippen MR) is 85.5 cm³/mol. The van der Waals surface area contributed by atoms with E-state index in [1.807, 2.05) is 24.3 Å². The zero-order valence-electron chi connectivity index (χ0n) is 12.1. The minimum Gasteiger partial charge on any atom is -0.399 e. The van der Waals surface area contributed by atoms with Gasteiger partial charge in [-0.3, -0.25) is 0 Å². The average Bonchev–Trinajstić information content (AvgIpc) is 2.45. The van der Waals surface area contributed by atoms with Crippen molar-refractivity contribution in [2.45, 2.75) is 11.4 Å². The fourth-order valence-electron chi connectivity index (χ4n) is 1.93. The number of benzene rings is 2. The second kappa shape index (κ2) is 6.15. The molecule has 0 amide bonds. The van der Waals surface area contributed by atoms with Gasteiger partial charge in [0.05, 0.1) is 5.69 Å². The number of nitrogens with zero attached hydrogens (tertiary/aromatic N) is 1. The minimum absolute atomic E-state index is 0.263. The normalized spacial score (nSPS) is 11.6. The quantitative estimate of drug-likeness (QED) is 0.830. The van der Waals surface area contributed by atoms with Gasteiger partial charge in [0, 0.05) is 26.3 Å². The van der Waals surface area contributed by atoms with Crippen molar-refractivity contribution >= 4 is 21.4 Å². The number of nitrogen functional groups attached to an aromatic ring is 1. The third kappa shape index (κ3) is 3.53. The molecule has 2 aromatic rings. The van der Waals surface area contributed by atoms with Gasteiger partial charge in [-0.05, 0) is 29.8 Å². The fourth-order valence-corrected chi connectivity index (χ4v) is 3.00. The first-order valence-electron chi connectivity index (χ1n) is 6.51. The van der Waals surface area contributed by atoms with Crippen molar-refractivity contribution in [3.05, 3.63) is 54.1 Å². The highest BCUT2D eigenvalue weighted by atomic mass is 32.2. The maximum absolute atomic E-state index is 12.3. The Bertz CT molecular complexity index is 727. The van der Waals surface area contributed by atoms with Gasteiger partial charge >= 0.3 is 0 Å². The van der Waals surface area contributed by atoms with Crippen LogP contribution in [0.25, 0.3) is 0 Å². The van der Waals surface area contributed by atoms with Crippen molar-refractivity contribution in [3.8, 4) is 0 Å². The van der Waals surface area contributed by atoms with Crippen LogP contribution < -0.4 is 11.1 Å². The molecule has 0 fully saturated rings.